The van der Waals surface area contributed by atoms with Crippen molar-refractivity contribution in [2.45, 2.75) is 39.0 Å². The molecule has 0 aliphatic heterocycles. The molecule has 19 heavy (non-hydrogen) atoms. The number of anilines is 1. The number of halogens is 3. The third-order valence-corrected chi connectivity index (χ3v) is 2.44. The second-order valence-corrected chi connectivity index (χ2v) is 5.60. The zero-order chi connectivity index (χ0) is 14.7. The summed E-state index contributed by atoms with van der Waals surface area (Å²) in [6, 6.07) is 3.39. The van der Waals surface area contributed by atoms with Gasteiger partial charge in [0.25, 0.3) is 0 Å². The predicted octanol–water partition coefficient (Wildman–Crippen LogP) is 2.97. The number of aromatic nitrogens is 1. The highest BCUT2D eigenvalue weighted by molar-refractivity contribution is 5.38. The quantitative estimate of drug-likeness (QED) is 0.915. The van der Waals surface area contributed by atoms with Crippen molar-refractivity contribution in [1.82, 2.24) is 10.3 Å². The monoisotopic (exact) mass is 275 g/mol. The fraction of sp³-hybridized carbons (Fsp3) is 0.615. The molecule has 1 heterocycles. The van der Waals surface area contributed by atoms with Crippen molar-refractivity contribution in [3.63, 3.8) is 0 Å². The Morgan fingerprint density at radius 2 is 1.84 bits per heavy atom. The van der Waals surface area contributed by atoms with E-state index < -0.39 is 12.7 Å². The van der Waals surface area contributed by atoms with Crippen LogP contribution >= 0.6 is 0 Å². The first kappa shape index (κ1) is 15.8. The van der Waals surface area contributed by atoms with E-state index in [0.29, 0.717) is 12.4 Å². The van der Waals surface area contributed by atoms with Crippen molar-refractivity contribution < 1.29 is 13.2 Å². The van der Waals surface area contributed by atoms with Gasteiger partial charge >= 0.3 is 6.18 Å². The van der Waals surface area contributed by atoms with E-state index in [1.54, 1.807) is 18.3 Å². The molecule has 0 radical (unpaired) electrons. The largest absolute Gasteiger partial charge is 0.405 e. The predicted molar refractivity (Wildman–Crippen MR) is 70.2 cm³/mol. The van der Waals surface area contributed by atoms with Gasteiger partial charge in [0.1, 0.15) is 12.4 Å². The van der Waals surface area contributed by atoms with Crippen LogP contribution in [0.5, 0.6) is 0 Å². The van der Waals surface area contributed by atoms with Gasteiger partial charge in [0.15, 0.2) is 0 Å². The maximum atomic E-state index is 12.2. The Hall–Kier alpha value is -1.30. The van der Waals surface area contributed by atoms with Crippen molar-refractivity contribution in [3.8, 4) is 0 Å². The molecule has 6 heteroatoms. The maximum Gasteiger partial charge on any atom is 0.405 e. The molecular weight excluding hydrogens is 255 g/mol. The van der Waals surface area contributed by atoms with E-state index in [4.69, 9.17) is 0 Å². The molecule has 0 aromatic carbocycles. The zero-order valence-electron chi connectivity index (χ0n) is 11.7. The molecule has 0 bridgehead atoms. The SMILES string of the molecule is CN(CC(F)(F)F)c1ccc(CNC(C)(C)C)cn1. The lowest BCUT2D eigenvalue weighted by Gasteiger charge is -2.22. The van der Waals surface area contributed by atoms with Crippen molar-refractivity contribution in [2.24, 2.45) is 0 Å². The van der Waals surface area contributed by atoms with Gasteiger partial charge < -0.3 is 10.2 Å². The van der Waals surface area contributed by atoms with E-state index in [0.717, 1.165) is 10.5 Å². The summed E-state index contributed by atoms with van der Waals surface area (Å²) in [6.07, 6.45) is -2.62. The molecule has 0 spiro atoms. The Kier molecular flexibility index (Phi) is 4.79. The highest BCUT2D eigenvalue weighted by Crippen LogP contribution is 2.19. The van der Waals surface area contributed by atoms with Gasteiger partial charge in [0, 0.05) is 25.3 Å². The van der Waals surface area contributed by atoms with Crippen LogP contribution in [0, 0.1) is 0 Å². The van der Waals surface area contributed by atoms with Crippen LogP contribution in [-0.4, -0.2) is 30.3 Å². The summed E-state index contributed by atoms with van der Waals surface area (Å²) in [5, 5.41) is 3.29. The van der Waals surface area contributed by atoms with Crippen LogP contribution in [0.2, 0.25) is 0 Å². The topological polar surface area (TPSA) is 28.2 Å². The highest BCUT2D eigenvalue weighted by Gasteiger charge is 2.29. The average Bonchev–Trinajstić information content (AvgIpc) is 2.23. The summed E-state index contributed by atoms with van der Waals surface area (Å²) >= 11 is 0. The zero-order valence-corrected chi connectivity index (χ0v) is 11.7. The fourth-order valence-corrected chi connectivity index (χ4v) is 1.46. The van der Waals surface area contributed by atoms with E-state index in [2.05, 4.69) is 10.3 Å². The minimum absolute atomic E-state index is 0.00819. The van der Waals surface area contributed by atoms with Crippen LogP contribution in [0.1, 0.15) is 26.3 Å². The summed E-state index contributed by atoms with van der Waals surface area (Å²) in [5.74, 6) is 0.317. The van der Waals surface area contributed by atoms with Crippen LogP contribution in [0.4, 0.5) is 19.0 Å². The average molecular weight is 275 g/mol. The highest BCUT2D eigenvalue weighted by atomic mass is 19.4. The summed E-state index contributed by atoms with van der Waals surface area (Å²) < 4.78 is 36.7. The molecule has 1 aromatic heterocycles. The van der Waals surface area contributed by atoms with E-state index in [1.165, 1.54) is 7.05 Å². The van der Waals surface area contributed by atoms with Crippen LogP contribution in [-0.2, 0) is 6.54 Å². The standard InChI is InChI=1S/C13H20F3N3/c1-12(2,3)18-8-10-5-6-11(17-7-10)19(4)9-13(14,15)16/h5-7,18H,8-9H2,1-4H3. The van der Waals surface area contributed by atoms with Gasteiger partial charge in [-0.2, -0.15) is 13.2 Å². The van der Waals surface area contributed by atoms with E-state index in [1.807, 2.05) is 20.8 Å². The van der Waals surface area contributed by atoms with Crippen LogP contribution in [0.15, 0.2) is 18.3 Å². The van der Waals surface area contributed by atoms with Gasteiger partial charge in [-0.3, -0.25) is 0 Å². The van der Waals surface area contributed by atoms with E-state index >= 15 is 0 Å². The van der Waals surface area contributed by atoms with Gasteiger partial charge in [-0.1, -0.05) is 6.07 Å². The lowest BCUT2D eigenvalue weighted by molar-refractivity contribution is -0.119. The summed E-state index contributed by atoms with van der Waals surface area (Å²) in [6.45, 7) is 5.78. The third kappa shape index (κ3) is 6.42. The molecule has 0 atom stereocenters. The maximum absolute atomic E-state index is 12.2. The van der Waals surface area contributed by atoms with Gasteiger partial charge in [0.2, 0.25) is 0 Å². The number of nitrogens with zero attached hydrogens (tertiary/aromatic N) is 2. The van der Waals surface area contributed by atoms with Gasteiger partial charge in [-0.15, -0.1) is 0 Å². The first-order valence-corrected chi connectivity index (χ1v) is 6.05. The Morgan fingerprint density at radius 1 is 1.21 bits per heavy atom. The van der Waals surface area contributed by atoms with Crippen LogP contribution in [0.3, 0.4) is 0 Å². The van der Waals surface area contributed by atoms with Crippen LogP contribution < -0.4 is 10.2 Å². The fourth-order valence-electron chi connectivity index (χ4n) is 1.46. The molecule has 0 amide bonds. The summed E-state index contributed by atoms with van der Waals surface area (Å²) in [5.41, 5.74) is 0.935. The Morgan fingerprint density at radius 3 is 2.26 bits per heavy atom. The van der Waals surface area contributed by atoms with Gasteiger partial charge in [-0.05, 0) is 32.4 Å². The van der Waals surface area contributed by atoms with E-state index in [-0.39, 0.29) is 5.54 Å². The number of alkyl halides is 3. The Labute approximate surface area is 111 Å². The normalized spacial score (nSPS) is 12.6. The molecular formula is C13H20F3N3. The Balaban J connectivity index is 2.61. The molecule has 0 aliphatic carbocycles. The summed E-state index contributed by atoms with van der Waals surface area (Å²) in [4.78, 5) is 5.13. The molecule has 0 saturated heterocycles. The molecule has 0 aliphatic rings. The molecule has 108 valence electrons. The number of nitrogens with one attached hydrogen (secondary N) is 1. The van der Waals surface area contributed by atoms with Crippen LogP contribution in [0.25, 0.3) is 0 Å². The van der Waals surface area contributed by atoms with Crippen molar-refractivity contribution in [2.75, 3.05) is 18.5 Å². The van der Waals surface area contributed by atoms with Gasteiger partial charge in [-0.25, -0.2) is 4.98 Å². The van der Waals surface area contributed by atoms with Crippen molar-refractivity contribution >= 4 is 5.82 Å². The molecule has 1 aromatic rings. The smallest absolute Gasteiger partial charge is 0.351 e. The van der Waals surface area contributed by atoms with E-state index in [9.17, 15) is 13.2 Å². The third-order valence-electron chi connectivity index (χ3n) is 2.44. The first-order chi connectivity index (χ1) is 8.57. The lowest BCUT2D eigenvalue weighted by Crippen LogP contribution is -2.35. The minimum atomic E-state index is -4.22. The molecule has 0 fully saturated rings. The number of hydrogen-bond acceptors (Lipinski definition) is 3. The molecule has 1 N–H and O–H groups in total. The number of pyridine rings is 1. The lowest BCUT2D eigenvalue weighted by atomic mass is 10.1. The first-order valence-electron chi connectivity index (χ1n) is 6.05. The molecule has 1 rings (SSSR count). The second-order valence-electron chi connectivity index (χ2n) is 5.60. The summed E-state index contributed by atoms with van der Waals surface area (Å²) in [7, 11) is 1.38. The Bertz CT molecular complexity index is 393. The number of rotatable bonds is 4. The molecule has 0 unspecified atom stereocenters. The van der Waals surface area contributed by atoms with Crippen molar-refractivity contribution in [3.05, 3.63) is 23.9 Å². The molecule has 3 nitrogen and oxygen atoms in total. The molecule has 0 saturated carbocycles. The van der Waals surface area contributed by atoms with Crippen molar-refractivity contribution in [1.29, 1.82) is 0 Å². The minimum Gasteiger partial charge on any atom is -0.351 e. The number of hydrogen-bond donors (Lipinski definition) is 1. The second kappa shape index (κ2) is 5.77. The van der Waals surface area contributed by atoms with Gasteiger partial charge in [0.05, 0.1) is 0 Å².